The highest BCUT2D eigenvalue weighted by atomic mass is 79.9. The number of furan rings is 1. The molecule has 7 heteroatoms. The van der Waals surface area contributed by atoms with Crippen LogP contribution in [0.4, 0.5) is 5.95 Å². The lowest BCUT2D eigenvalue weighted by Crippen LogP contribution is -2.28. The molecular formula is C18H16BrN3O3. The Labute approximate surface area is 152 Å². The van der Waals surface area contributed by atoms with Crippen LogP contribution in [0.15, 0.2) is 57.0 Å². The van der Waals surface area contributed by atoms with Crippen molar-refractivity contribution < 1.29 is 13.9 Å². The second kappa shape index (κ2) is 6.07. The van der Waals surface area contributed by atoms with Gasteiger partial charge in [0.25, 0.3) is 0 Å². The lowest BCUT2D eigenvalue weighted by Gasteiger charge is -2.29. The molecule has 1 aliphatic rings. The van der Waals surface area contributed by atoms with Crippen LogP contribution in [0.2, 0.25) is 0 Å². The number of esters is 1. The van der Waals surface area contributed by atoms with Gasteiger partial charge in [0.2, 0.25) is 5.95 Å². The first-order chi connectivity index (χ1) is 12.1. The molecule has 0 radical (unpaired) electrons. The number of aromatic nitrogens is 2. The molecule has 0 amide bonds. The smallest absolute Gasteiger partial charge is 0.338 e. The first kappa shape index (κ1) is 16.0. The van der Waals surface area contributed by atoms with Crippen molar-refractivity contribution in [3.63, 3.8) is 0 Å². The molecule has 0 aliphatic carbocycles. The summed E-state index contributed by atoms with van der Waals surface area (Å²) in [6.45, 7) is 3.97. The summed E-state index contributed by atoms with van der Waals surface area (Å²) < 4.78 is 13.5. The van der Waals surface area contributed by atoms with Crippen LogP contribution in [0.3, 0.4) is 0 Å². The monoisotopic (exact) mass is 401 g/mol. The number of imidazole rings is 1. The minimum absolute atomic E-state index is 0.318. The summed E-state index contributed by atoms with van der Waals surface area (Å²) in [5.74, 6) is 0.341. The van der Waals surface area contributed by atoms with E-state index >= 15 is 0 Å². The molecular weight excluding hydrogens is 386 g/mol. The lowest BCUT2D eigenvalue weighted by atomic mass is 9.97. The average Bonchev–Trinajstić information content (AvgIpc) is 3.20. The van der Waals surface area contributed by atoms with Crippen molar-refractivity contribution in [1.82, 2.24) is 9.55 Å². The summed E-state index contributed by atoms with van der Waals surface area (Å²) in [6, 6.07) is 7.39. The molecule has 0 bridgehead atoms. The number of ether oxygens (including phenoxy) is 1. The van der Waals surface area contributed by atoms with Crippen molar-refractivity contribution in [2.24, 2.45) is 0 Å². The van der Waals surface area contributed by atoms with Crippen LogP contribution in [0, 0.1) is 0 Å². The number of halogens is 1. The van der Waals surface area contributed by atoms with Gasteiger partial charge in [0.1, 0.15) is 0 Å². The molecule has 1 aromatic carbocycles. The number of hydrogen-bond donors (Lipinski definition) is 1. The summed E-state index contributed by atoms with van der Waals surface area (Å²) in [7, 11) is 0. The molecule has 0 spiro atoms. The summed E-state index contributed by atoms with van der Waals surface area (Å²) in [4.78, 5) is 17.3. The number of fused-ring (bicyclic) bond motifs is 3. The zero-order chi connectivity index (χ0) is 17.6. The van der Waals surface area contributed by atoms with E-state index in [0.29, 0.717) is 18.1 Å². The number of rotatable bonds is 3. The fourth-order valence-corrected chi connectivity index (χ4v) is 3.56. The first-order valence-corrected chi connectivity index (χ1v) is 8.74. The quantitative estimate of drug-likeness (QED) is 0.664. The Morgan fingerprint density at radius 2 is 2.28 bits per heavy atom. The number of nitrogens with one attached hydrogen (secondary N) is 1. The molecule has 1 N–H and O–H groups in total. The van der Waals surface area contributed by atoms with E-state index in [2.05, 4.69) is 26.2 Å². The molecule has 1 aliphatic heterocycles. The Morgan fingerprint density at radius 3 is 3.00 bits per heavy atom. The Bertz CT molecular complexity index is 989. The van der Waals surface area contributed by atoms with Crippen molar-refractivity contribution in [1.29, 1.82) is 0 Å². The number of hydrogen-bond acceptors (Lipinski definition) is 5. The molecule has 25 heavy (non-hydrogen) atoms. The van der Waals surface area contributed by atoms with E-state index in [1.165, 1.54) is 0 Å². The number of allylic oxidation sites excluding steroid dienone is 1. The molecule has 3 aromatic rings. The van der Waals surface area contributed by atoms with Gasteiger partial charge < -0.3 is 14.5 Å². The van der Waals surface area contributed by atoms with Gasteiger partial charge in [0, 0.05) is 15.7 Å². The highest BCUT2D eigenvalue weighted by Crippen LogP contribution is 2.40. The fourth-order valence-electron chi connectivity index (χ4n) is 3.21. The predicted octanol–water partition coefficient (Wildman–Crippen LogP) is 4.24. The van der Waals surface area contributed by atoms with Crippen molar-refractivity contribution in [2.45, 2.75) is 19.9 Å². The van der Waals surface area contributed by atoms with Gasteiger partial charge in [-0.3, -0.25) is 4.57 Å². The summed E-state index contributed by atoms with van der Waals surface area (Å²) in [5, 5.41) is 3.23. The molecule has 2 aromatic heterocycles. The molecule has 6 nitrogen and oxygen atoms in total. The number of nitrogens with zero attached hydrogens (tertiary/aromatic N) is 2. The molecule has 0 unspecified atom stereocenters. The number of anilines is 1. The van der Waals surface area contributed by atoms with Gasteiger partial charge in [-0.1, -0.05) is 15.9 Å². The van der Waals surface area contributed by atoms with E-state index in [-0.39, 0.29) is 12.0 Å². The highest BCUT2D eigenvalue weighted by molar-refractivity contribution is 9.10. The molecule has 0 saturated heterocycles. The first-order valence-electron chi connectivity index (χ1n) is 7.94. The zero-order valence-electron chi connectivity index (χ0n) is 13.7. The SMILES string of the molecule is CCOC(=O)C1=C(C)Nc2nc3cc(Br)ccc3n2[C@H]1c1ccoc1. The normalized spacial score (nSPS) is 16.7. The number of benzene rings is 1. The number of carbonyl (C=O) groups is 1. The third kappa shape index (κ3) is 2.55. The lowest BCUT2D eigenvalue weighted by molar-refractivity contribution is -0.139. The molecule has 1 atom stereocenters. The Kier molecular flexibility index (Phi) is 3.88. The second-order valence-corrected chi connectivity index (χ2v) is 6.70. The maximum absolute atomic E-state index is 12.6. The van der Waals surface area contributed by atoms with Gasteiger partial charge in [-0.15, -0.1) is 0 Å². The van der Waals surface area contributed by atoms with E-state index in [1.54, 1.807) is 19.5 Å². The van der Waals surface area contributed by atoms with E-state index in [1.807, 2.05) is 35.8 Å². The van der Waals surface area contributed by atoms with Crippen LogP contribution >= 0.6 is 15.9 Å². The van der Waals surface area contributed by atoms with Crippen LogP contribution in [-0.2, 0) is 9.53 Å². The van der Waals surface area contributed by atoms with Gasteiger partial charge in [0.15, 0.2) is 0 Å². The van der Waals surface area contributed by atoms with E-state index in [9.17, 15) is 4.79 Å². The van der Waals surface area contributed by atoms with Crippen LogP contribution < -0.4 is 5.32 Å². The van der Waals surface area contributed by atoms with Crippen molar-refractivity contribution in [3.05, 3.63) is 58.1 Å². The third-order valence-electron chi connectivity index (χ3n) is 4.24. The van der Waals surface area contributed by atoms with Crippen LogP contribution in [0.25, 0.3) is 11.0 Å². The predicted molar refractivity (Wildman–Crippen MR) is 97.2 cm³/mol. The van der Waals surface area contributed by atoms with Gasteiger partial charge in [-0.25, -0.2) is 9.78 Å². The van der Waals surface area contributed by atoms with E-state index in [0.717, 1.165) is 26.8 Å². The Balaban J connectivity index is 1.97. The summed E-state index contributed by atoms with van der Waals surface area (Å²) in [6.07, 6.45) is 3.25. The maximum atomic E-state index is 12.6. The van der Waals surface area contributed by atoms with Crippen LogP contribution in [-0.4, -0.2) is 22.1 Å². The van der Waals surface area contributed by atoms with Crippen molar-refractivity contribution in [3.8, 4) is 0 Å². The van der Waals surface area contributed by atoms with E-state index in [4.69, 9.17) is 9.15 Å². The standard InChI is InChI=1S/C18H16BrN3O3/c1-3-25-17(23)15-10(2)20-18-21-13-8-12(19)4-5-14(13)22(18)16(15)11-6-7-24-9-11/h4-9,16H,3H2,1-2H3,(H,20,21)/t16-/m0/s1. The third-order valence-corrected chi connectivity index (χ3v) is 4.73. The molecule has 4 rings (SSSR count). The van der Waals surface area contributed by atoms with Gasteiger partial charge in [0.05, 0.1) is 41.8 Å². The zero-order valence-corrected chi connectivity index (χ0v) is 15.3. The molecule has 0 fully saturated rings. The minimum atomic E-state index is -0.361. The van der Waals surface area contributed by atoms with Gasteiger partial charge >= 0.3 is 5.97 Å². The van der Waals surface area contributed by atoms with Crippen LogP contribution in [0.1, 0.15) is 25.5 Å². The van der Waals surface area contributed by atoms with E-state index < -0.39 is 0 Å². The Hall–Kier alpha value is -2.54. The summed E-state index contributed by atoms with van der Waals surface area (Å²) in [5.41, 5.74) is 3.91. The fraction of sp³-hybridized carbons (Fsp3) is 0.222. The molecule has 128 valence electrons. The van der Waals surface area contributed by atoms with Gasteiger partial charge in [-0.05, 0) is 38.1 Å². The molecule has 0 saturated carbocycles. The second-order valence-electron chi connectivity index (χ2n) is 5.78. The van der Waals surface area contributed by atoms with Crippen molar-refractivity contribution >= 4 is 38.9 Å². The minimum Gasteiger partial charge on any atom is -0.472 e. The Morgan fingerprint density at radius 1 is 1.44 bits per heavy atom. The van der Waals surface area contributed by atoms with Gasteiger partial charge in [-0.2, -0.15) is 0 Å². The maximum Gasteiger partial charge on any atom is 0.338 e. The summed E-state index contributed by atoms with van der Waals surface area (Å²) >= 11 is 3.48. The van der Waals surface area contributed by atoms with Crippen LogP contribution in [0.5, 0.6) is 0 Å². The number of carbonyl (C=O) groups excluding carboxylic acids is 1. The van der Waals surface area contributed by atoms with Crippen molar-refractivity contribution in [2.75, 3.05) is 11.9 Å². The average molecular weight is 402 g/mol. The molecule has 3 heterocycles. The highest BCUT2D eigenvalue weighted by Gasteiger charge is 2.35. The topological polar surface area (TPSA) is 69.3 Å². The largest absolute Gasteiger partial charge is 0.472 e.